The van der Waals surface area contributed by atoms with Crippen LogP contribution < -0.4 is 38.2 Å². The number of aromatic amines is 1. The quantitative estimate of drug-likeness (QED) is 0.0251. The molecule has 0 unspecified atom stereocenters. The van der Waals surface area contributed by atoms with E-state index in [1.165, 1.54) is 44.6 Å². The molecule has 5 amide bonds. The Morgan fingerprint density at radius 2 is 1.33 bits per heavy atom. The first-order chi connectivity index (χ1) is 39.5. The smallest absolute Gasteiger partial charge is 0.408 e. The van der Waals surface area contributed by atoms with Gasteiger partial charge in [0.1, 0.15) is 60.0 Å². The lowest BCUT2D eigenvalue weighted by atomic mass is 9.98. The van der Waals surface area contributed by atoms with Crippen molar-refractivity contribution in [1.29, 1.82) is 0 Å². The number of hydrogen-bond donors (Lipinski definition) is 6. The van der Waals surface area contributed by atoms with Crippen LogP contribution in [0.25, 0.3) is 10.9 Å². The molecule has 7 N–H and O–H groups in total. The first-order valence-electron chi connectivity index (χ1n) is 29.0. The van der Waals surface area contributed by atoms with E-state index in [9.17, 15) is 33.6 Å². The van der Waals surface area contributed by atoms with Gasteiger partial charge in [-0.15, -0.1) is 0 Å². The molecule has 1 fully saturated rings. The van der Waals surface area contributed by atoms with Gasteiger partial charge in [0.15, 0.2) is 22.4 Å². The van der Waals surface area contributed by atoms with E-state index in [1.54, 1.807) is 47.7 Å². The topological polar surface area (TPSA) is 295 Å². The highest BCUT2D eigenvalue weighted by Crippen LogP contribution is 2.47. The van der Waals surface area contributed by atoms with Crippen LogP contribution in [-0.4, -0.2) is 132 Å². The van der Waals surface area contributed by atoms with Crippen molar-refractivity contribution in [2.45, 2.75) is 220 Å². The summed E-state index contributed by atoms with van der Waals surface area (Å²) < 4.78 is 40.3. The second kappa shape index (κ2) is 27.3. The first kappa shape index (κ1) is 69.7. The Hall–Kier alpha value is -7.07. The average molecular weight is 1230 g/mol. The third kappa shape index (κ3) is 17.8. The monoisotopic (exact) mass is 1230 g/mol. The number of H-pyrrole nitrogens is 1. The van der Waals surface area contributed by atoms with E-state index >= 15 is 4.79 Å². The number of rotatable bonds is 22. The normalized spacial score (nSPS) is 18.3. The van der Waals surface area contributed by atoms with Crippen LogP contribution in [0.1, 0.15) is 121 Å². The maximum Gasteiger partial charge on any atom is 0.408 e. The Morgan fingerprint density at radius 3 is 1.92 bits per heavy atom. The molecule has 8 atom stereocenters. The number of Topliss-reactive ketones (excluding diaryl/α,β-unsaturated/α-hetero) is 1. The van der Waals surface area contributed by atoms with Crippen molar-refractivity contribution in [3.05, 3.63) is 116 Å². The Bertz CT molecular complexity index is 3240. The van der Waals surface area contributed by atoms with Crippen LogP contribution in [0.3, 0.4) is 0 Å². The van der Waals surface area contributed by atoms with E-state index in [4.69, 9.17) is 33.5 Å². The molecule has 0 spiro atoms. The zero-order chi connectivity index (χ0) is 64.8. The van der Waals surface area contributed by atoms with Crippen LogP contribution in [0.2, 0.25) is 36.3 Å². The lowest BCUT2D eigenvalue weighted by Gasteiger charge is -2.43. The van der Waals surface area contributed by atoms with Gasteiger partial charge in [0.25, 0.3) is 5.56 Å². The minimum absolute atomic E-state index is 0.0170. The number of likely N-dealkylation sites (N-methyl/N-ethyl adjacent to an activating group) is 1. The van der Waals surface area contributed by atoms with Crippen LogP contribution in [0.4, 0.5) is 9.59 Å². The number of nitrogens with one attached hydrogen (secondary N) is 5. The predicted molar refractivity (Wildman–Crippen MR) is 332 cm³/mol. The van der Waals surface area contributed by atoms with Crippen molar-refractivity contribution < 1.29 is 56.6 Å². The van der Waals surface area contributed by atoms with Gasteiger partial charge in [0.05, 0.1) is 12.6 Å². The number of carbonyl (C=O) groups is 6. The minimum Gasteiger partial charge on any atom is -0.466 e. The van der Waals surface area contributed by atoms with Crippen LogP contribution >= 0.6 is 0 Å². The van der Waals surface area contributed by atoms with Gasteiger partial charge < -0.3 is 64.7 Å². The van der Waals surface area contributed by atoms with Crippen molar-refractivity contribution in [2.24, 2.45) is 5.73 Å². The van der Waals surface area contributed by atoms with Crippen molar-refractivity contribution in [1.82, 2.24) is 40.3 Å². The standard InChI is InChI=1S/C61H93N9O14Si2/c1-36(64-55(76)66-43(54(75)81-58(4,5)6)32-40-33-63-42-29-25-24-28-41(40)42)51(73)67-46(38(3)68(16)52(74)37(2)65-56(77)82-59(7,8)9)47(72)45(62)48-49(83-85(17,18)60(10,11)12)50(84-86(19,20)61(13,14)15)53(80-48)69-31-30-44(71)70(57(69)78)35-79-34-39-26-22-21-23-27-39/h21-31,33,36-38,43,46,49-50,53,63H,32,34-35,62H2,1-20H3,(H,65,77)(H,67,73)(H2,64,66,76)/b48-45-/t36-,37-,38-,43-,46-,49+,50+,53+/m0/s1. The number of carbonyl (C=O) groups excluding carboxylic acids is 6. The number of amides is 5. The average Bonchev–Trinajstić information content (AvgIpc) is 1.65. The lowest BCUT2D eigenvalue weighted by molar-refractivity contribution is -0.157. The predicted octanol–water partition coefficient (Wildman–Crippen LogP) is 7.60. The van der Waals surface area contributed by atoms with E-state index in [-0.39, 0.29) is 18.8 Å². The fraction of sp³-hybridized carbons (Fsp3) is 0.574. The van der Waals surface area contributed by atoms with Gasteiger partial charge in [-0.1, -0.05) is 90.1 Å². The van der Waals surface area contributed by atoms with E-state index in [0.717, 1.165) is 25.9 Å². The number of para-hydroxylation sites is 1. The molecule has 5 rings (SSSR count). The maximum absolute atomic E-state index is 15.7. The highest BCUT2D eigenvalue weighted by Gasteiger charge is 2.55. The summed E-state index contributed by atoms with van der Waals surface area (Å²) in [4.78, 5) is 118. The summed E-state index contributed by atoms with van der Waals surface area (Å²) in [6.45, 7) is 34.1. The van der Waals surface area contributed by atoms with Gasteiger partial charge in [-0.2, -0.15) is 0 Å². The highest BCUT2D eigenvalue weighted by molar-refractivity contribution is 6.74. The number of ketones is 1. The molecule has 474 valence electrons. The Morgan fingerprint density at radius 1 is 0.744 bits per heavy atom. The summed E-state index contributed by atoms with van der Waals surface area (Å²) in [7, 11) is -4.51. The number of hydrogen-bond acceptors (Lipinski definition) is 15. The van der Waals surface area contributed by atoms with Crippen molar-refractivity contribution in [3.8, 4) is 0 Å². The summed E-state index contributed by atoms with van der Waals surface area (Å²) in [5.74, 6) is -3.57. The van der Waals surface area contributed by atoms with Crippen molar-refractivity contribution in [3.63, 3.8) is 0 Å². The number of alkyl carbamates (subject to hydrolysis) is 1. The molecule has 3 heterocycles. The SMILES string of the molecule is C[C@H](NC(=O)N[C@@H](Cc1c[nH]c2ccccc12)C(=O)OC(C)(C)C)C(=O)N[C@H](C(=O)/C(N)=C1/O[C@@H](n2ccc(=O)n(COCc3ccccc3)c2=O)[C@H](O[Si](C)(C)C(C)(C)C)[C@@H]1O[Si](C)(C)C(C)(C)C)[C@H](C)N(C)C(=O)[C@H](C)NC(=O)OC(C)(C)C. The zero-order valence-corrected chi connectivity index (χ0v) is 55.8. The van der Waals surface area contributed by atoms with Gasteiger partial charge in [-0.25, -0.2) is 23.7 Å². The fourth-order valence-corrected chi connectivity index (χ4v) is 11.2. The molecule has 1 aliphatic rings. The van der Waals surface area contributed by atoms with Gasteiger partial charge in [-0.05, 0) is 116 Å². The number of benzene rings is 2. The molecule has 0 saturated carbocycles. The van der Waals surface area contributed by atoms with E-state index in [2.05, 4.69) is 26.3 Å². The molecule has 1 aliphatic heterocycles. The number of nitrogens with zero attached hydrogens (tertiary/aromatic N) is 3. The van der Waals surface area contributed by atoms with E-state index in [1.807, 2.05) is 122 Å². The fourth-order valence-electron chi connectivity index (χ4n) is 8.72. The summed E-state index contributed by atoms with van der Waals surface area (Å²) in [6.07, 6.45) is -1.77. The van der Waals surface area contributed by atoms with Crippen molar-refractivity contribution in [2.75, 3.05) is 7.05 Å². The highest BCUT2D eigenvalue weighted by atomic mass is 28.4. The number of esters is 1. The minimum atomic E-state index is -2.96. The molecule has 1 saturated heterocycles. The third-order valence-electron chi connectivity index (χ3n) is 15.7. The van der Waals surface area contributed by atoms with Crippen LogP contribution in [0.5, 0.6) is 0 Å². The van der Waals surface area contributed by atoms with E-state index in [0.29, 0.717) is 5.56 Å². The number of nitrogens with two attached hydrogens (primary N) is 1. The van der Waals surface area contributed by atoms with E-state index < -0.39 is 146 Å². The van der Waals surface area contributed by atoms with Gasteiger partial charge >= 0.3 is 23.8 Å². The van der Waals surface area contributed by atoms with Crippen LogP contribution in [0.15, 0.2) is 94.1 Å². The molecule has 0 radical (unpaired) electrons. The second-order valence-electron chi connectivity index (χ2n) is 27.1. The number of ether oxygens (including phenoxy) is 4. The second-order valence-corrected chi connectivity index (χ2v) is 36.6. The first-order valence-corrected chi connectivity index (χ1v) is 34.8. The molecule has 0 aliphatic carbocycles. The molecule has 25 heteroatoms. The van der Waals surface area contributed by atoms with Gasteiger partial charge in [0.2, 0.25) is 23.8 Å². The summed E-state index contributed by atoms with van der Waals surface area (Å²) >= 11 is 0. The van der Waals surface area contributed by atoms with Gasteiger partial charge in [0, 0.05) is 42.8 Å². The Labute approximate surface area is 507 Å². The molecule has 0 bridgehead atoms. The summed E-state index contributed by atoms with van der Waals surface area (Å²) in [5.41, 5.74) is 5.60. The Kier molecular flexibility index (Phi) is 22.1. The number of fused-ring (bicyclic) bond motifs is 1. The summed E-state index contributed by atoms with van der Waals surface area (Å²) in [5, 5.41) is 10.4. The van der Waals surface area contributed by atoms with Crippen LogP contribution in [-0.2, 0) is 66.7 Å². The number of urea groups is 1. The molecule has 2 aromatic carbocycles. The zero-order valence-electron chi connectivity index (χ0n) is 53.8. The molecular formula is C61H93N9O14Si2. The molecule has 4 aromatic rings. The van der Waals surface area contributed by atoms with Crippen LogP contribution in [0, 0.1) is 0 Å². The molecular weight excluding hydrogens is 1140 g/mol. The molecule has 2 aromatic heterocycles. The number of aromatic nitrogens is 3. The largest absolute Gasteiger partial charge is 0.466 e. The van der Waals surface area contributed by atoms with Gasteiger partial charge in [-0.3, -0.25) is 23.7 Å². The molecule has 86 heavy (non-hydrogen) atoms. The summed E-state index contributed by atoms with van der Waals surface area (Å²) in [6, 6.07) is 10.1. The maximum atomic E-state index is 15.7. The van der Waals surface area contributed by atoms with Crippen molar-refractivity contribution >= 4 is 63.2 Å². The Balaban J connectivity index is 1.62. The third-order valence-corrected chi connectivity index (χ3v) is 24.7. The lowest BCUT2D eigenvalue weighted by Crippen LogP contribution is -2.61. The molecule has 23 nitrogen and oxygen atoms in total.